The average Bonchev–Trinajstić information content (AvgIpc) is 2.33. The highest BCUT2D eigenvalue weighted by Gasteiger charge is 2.18. The van der Waals surface area contributed by atoms with Crippen molar-refractivity contribution in [2.45, 2.75) is 39.6 Å². The fourth-order valence-corrected chi connectivity index (χ4v) is 2.34. The van der Waals surface area contributed by atoms with Crippen LogP contribution in [0, 0.1) is 13.8 Å². The maximum atomic E-state index is 5.80. The first kappa shape index (κ1) is 13.5. The van der Waals surface area contributed by atoms with E-state index in [9.17, 15) is 0 Å². The highest BCUT2D eigenvalue weighted by molar-refractivity contribution is 5.32. The molecule has 0 spiro atoms. The van der Waals surface area contributed by atoms with Crippen LogP contribution in [0.5, 0.6) is 0 Å². The van der Waals surface area contributed by atoms with Crippen LogP contribution in [0.25, 0.3) is 0 Å². The third kappa shape index (κ3) is 3.55. The van der Waals surface area contributed by atoms with Crippen LogP contribution in [0.4, 0.5) is 0 Å². The fraction of sp³-hybridized carbons (Fsp3) is 0.600. The summed E-state index contributed by atoms with van der Waals surface area (Å²) < 4.78 is 11.6. The van der Waals surface area contributed by atoms with E-state index in [4.69, 9.17) is 9.47 Å². The molecule has 1 aliphatic rings. The van der Waals surface area contributed by atoms with Crippen LogP contribution in [-0.4, -0.2) is 31.9 Å². The van der Waals surface area contributed by atoms with Gasteiger partial charge in [-0.15, -0.1) is 0 Å². The zero-order chi connectivity index (χ0) is 13.0. The first-order chi connectivity index (χ1) is 8.66. The van der Waals surface area contributed by atoms with Crippen LogP contribution >= 0.6 is 0 Å². The number of ether oxygens (including phenoxy) is 2. The Balaban J connectivity index is 1.81. The molecule has 1 fully saturated rings. The van der Waals surface area contributed by atoms with E-state index in [1.807, 2.05) is 0 Å². The number of rotatable bonds is 4. The number of nitrogens with one attached hydrogen (secondary N) is 1. The number of morpholine rings is 1. The molecule has 2 unspecified atom stereocenters. The molecule has 3 heteroatoms. The minimum Gasteiger partial charge on any atom is -0.374 e. The van der Waals surface area contributed by atoms with Gasteiger partial charge in [-0.25, -0.2) is 0 Å². The van der Waals surface area contributed by atoms with Gasteiger partial charge in [-0.05, 0) is 37.5 Å². The predicted molar refractivity (Wildman–Crippen MR) is 72.8 cm³/mol. The van der Waals surface area contributed by atoms with Gasteiger partial charge in [-0.1, -0.05) is 18.2 Å². The van der Waals surface area contributed by atoms with E-state index >= 15 is 0 Å². The van der Waals surface area contributed by atoms with Gasteiger partial charge in [-0.2, -0.15) is 0 Å². The van der Waals surface area contributed by atoms with Crippen LogP contribution in [-0.2, 0) is 16.1 Å². The smallest absolute Gasteiger partial charge is 0.0936 e. The van der Waals surface area contributed by atoms with Crippen LogP contribution in [0.3, 0.4) is 0 Å². The second-order valence-corrected chi connectivity index (χ2v) is 5.11. The van der Waals surface area contributed by atoms with Gasteiger partial charge in [0.2, 0.25) is 0 Å². The SMILES string of the molecule is Cc1cccc(C)c1COCC1CNCC(C)O1. The summed E-state index contributed by atoms with van der Waals surface area (Å²) >= 11 is 0. The summed E-state index contributed by atoms with van der Waals surface area (Å²) in [6, 6.07) is 6.35. The molecule has 1 heterocycles. The standard InChI is InChI=1S/C15H23NO2/c1-11-5-4-6-12(2)15(11)10-17-9-14-8-16-7-13(3)18-14/h4-6,13-14,16H,7-10H2,1-3H3. The normalized spacial score (nSPS) is 24.2. The number of aryl methyl sites for hydroxylation is 2. The maximum Gasteiger partial charge on any atom is 0.0936 e. The molecular formula is C15H23NO2. The molecule has 1 N–H and O–H groups in total. The van der Waals surface area contributed by atoms with Crippen molar-refractivity contribution < 1.29 is 9.47 Å². The molecule has 0 aromatic heterocycles. The first-order valence-corrected chi connectivity index (χ1v) is 6.66. The maximum absolute atomic E-state index is 5.80. The molecule has 0 amide bonds. The molecule has 2 atom stereocenters. The minimum atomic E-state index is 0.179. The van der Waals surface area contributed by atoms with Crippen molar-refractivity contribution in [3.05, 3.63) is 34.9 Å². The molecule has 1 aromatic rings. The molecule has 100 valence electrons. The van der Waals surface area contributed by atoms with E-state index in [2.05, 4.69) is 44.3 Å². The summed E-state index contributed by atoms with van der Waals surface area (Å²) in [5.74, 6) is 0. The van der Waals surface area contributed by atoms with Crippen molar-refractivity contribution in [3.8, 4) is 0 Å². The van der Waals surface area contributed by atoms with Gasteiger partial charge in [0, 0.05) is 13.1 Å². The zero-order valence-corrected chi connectivity index (χ0v) is 11.5. The Kier molecular flexibility index (Phi) is 4.75. The largest absolute Gasteiger partial charge is 0.374 e. The van der Waals surface area contributed by atoms with Crippen LogP contribution in [0.15, 0.2) is 18.2 Å². The van der Waals surface area contributed by atoms with Crippen LogP contribution in [0.1, 0.15) is 23.6 Å². The summed E-state index contributed by atoms with van der Waals surface area (Å²) in [4.78, 5) is 0. The van der Waals surface area contributed by atoms with Gasteiger partial charge in [0.25, 0.3) is 0 Å². The minimum absolute atomic E-state index is 0.179. The Morgan fingerprint density at radius 2 is 2.00 bits per heavy atom. The van der Waals surface area contributed by atoms with Crippen molar-refractivity contribution in [2.75, 3.05) is 19.7 Å². The quantitative estimate of drug-likeness (QED) is 0.887. The lowest BCUT2D eigenvalue weighted by molar-refractivity contribution is -0.0717. The van der Waals surface area contributed by atoms with Crippen molar-refractivity contribution >= 4 is 0 Å². The Morgan fingerprint density at radius 1 is 1.28 bits per heavy atom. The molecule has 18 heavy (non-hydrogen) atoms. The predicted octanol–water partition coefficient (Wildman–Crippen LogP) is 2.20. The second kappa shape index (κ2) is 6.32. The van der Waals surface area contributed by atoms with Crippen molar-refractivity contribution in [3.63, 3.8) is 0 Å². The Morgan fingerprint density at radius 3 is 2.67 bits per heavy atom. The Hall–Kier alpha value is -0.900. The van der Waals surface area contributed by atoms with Gasteiger partial charge in [0.15, 0.2) is 0 Å². The molecule has 1 aromatic carbocycles. The van der Waals surface area contributed by atoms with Crippen molar-refractivity contribution in [1.29, 1.82) is 0 Å². The van der Waals surface area contributed by atoms with Crippen LogP contribution < -0.4 is 5.32 Å². The Labute approximate surface area is 109 Å². The summed E-state index contributed by atoms with van der Waals surface area (Å²) in [6.45, 7) is 9.51. The van der Waals surface area contributed by atoms with Gasteiger partial charge in [-0.3, -0.25) is 0 Å². The van der Waals surface area contributed by atoms with E-state index in [0.717, 1.165) is 13.1 Å². The van der Waals surface area contributed by atoms with Crippen molar-refractivity contribution in [1.82, 2.24) is 5.32 Å². The third-order valence-electron chi connectivity index (χ3n) is 3.42. The summed E-state index contributed by atoms with van der Waals surface area (Å²) in [5.41, 5.74) is 3.89. The molecule has 0 bridgehead atoms. The molecule has 0 saturated carbocycles. The summed E-state index contributed by atoms with van der Waals surface area (Å²) in [5, 5.41) is 3.35. The van der Waals surface area contributed by atoms with E-state index < -0.39 is 0 Å². The highest BCUT2D eigenvalue weighted by Crippen LogP contribution is 2.15. The molecule has 3 nitrogen and oxygen atoms in total. The Bertz CT molecular complexity index is 372. The fourth-order valence-electron chi connectivity index (χ4n) is 2.34. The topological polar surface area (TPSA) is 30.5 Å². The summed E-state index contributed by atoms with van der Waals surface area (Å²) in [7, 11) is 0. The van der Waals surface area contributed by atoms with Gasteiger partial charge in [0.1, 0.15) is 0 Å². The van der Waals surface area contributed by atoms with E-state index in [1.54, 1.807) is 0 Å². The molecular weight excluding hydrogens is 226 g/mol. The number of hydrogen-bond acceptors (Lipinski definition) is 3. The van der Waals surface area contributed by atoms with Crippen LogP contribution in [0.2, 0.25) is 0 Å². The van der Waals surface area contributed by atoms with Gasteiger partial charge in [0.05, 0.1) is 25.4 Å². The van der Waals surface area contributed by atoms with Gasteiger partial charge < -0.3 is 14.8 Å². The lowest BCUT2D eigenvalue weighted by Crippen LogP contribution is -2.45. The number of benzene rings is 1. The molecule has 1 saturated heterocycles. The molecule has 1 aliphatic heterocycles. The van der Waals surface area contributed by atoms with E-state index in [-0.39, 0.29) is 12.2 Å². The third-order valence-corrected chi connectivity index (χ3v) is 3.42. The lowest BCUT2D eigenvalue weighted by atomic mass is 10.0. The highest BCUT2D eigenvalue weighted by atomic mass is 16.5. The molecule has 0 aliphatic carbocycles. The number of hydrogen-bond donors (Lipinski definition) is 1. The van der Waals surface area contributed by atoms with Gasteiger partial charge >= 0.3 is 0 Å². The zero-order valence-electron chi connectivity index (χ0n) is 11.5. The second-order valence-electron chi connectivity index (χ2n) is 5.11. The molecule has 0 radical (unpaired) electrons. The van der Waals surface area contributed by atoms with E-state index in [1.165, 1.54) is 16.7 Å². The molecule has 2 rings (SSSR count). The monoisotopic (exact) mass is 249 g/mol. The lowest BCUT2D eigenvalue weighted by Gasteiger charge is -2.28. The first-order valence-electron chi connectivity index (χ1n) is 6.66. The van der Waals surface area contributed by atoms with Crippen molar-refractivity contribution in [2.24, 2.45) is 0 Å². The van der Waals surface area contributed by atoms with E-state index in [0.29, 0.717) is 13.2 Å². The average molecular weight is 249 g/mol. The summed E-state index contributed by atoms with van der Waals surface area (Å²) in [6.07, 6.45) is 0.464.